The summed E-state index contributed by atoms with van der Waals surface area (Å²) < 4.78 is 44.0. The summed E-state index contributed by atoms with van der Waals surface area (Å²) in [6.07, 6.45) is 3.62. The molecule has 2 heterocycles. The van der Waals surface area contributed by atoms with Gasteiger partial charge in [-0.3, -0.25) is 9.78 Å². The molecule has 41 heavy (non-hydrogen) atoms. The molecule has 3 atom stereocenters. The van der Waals surface area contributed by atoms with Crippen LogP contribution in [0.5, 0.6) is 0 Å². The zero-order chi connectivity index (χ0) is 29.6. The molecule has 1 amide bonds. The number of carbonyl (C=O) groups is 1. The number of sulfonamides is 1. The number of hydrogen-bond acceptors (Lipinski definition) is 6. The van der Waals surface area contributed by atoms with Gasteiger partial charge in [0.25, 0.3) is 0 Å². The molecule has 0 saturated carbocycles. The van der Waals surface area contributed by atoms with Crippen LogP contribution >= 0.6 is 11.6 Å². The van der Waals surface area contributed by atoms with Crippen LogP contribution in [-0.4, -0.2) is 60.9 Å². The molecule has 1 aliphatic heterocycles. The van der Waals surface area contributed by atoms with Crippen LogP contribution < -0.4 is 16.0 Å². The number of piperazine rings is 1. The van der Waals surface area contributed by atoms with Gasteiger partial charge in [0.05, 0.1) is 23.0 Å². The van der Waals surface area contributed by atoms with Gasteiger partial charge in [0, 0.05) is 48.2 Å². The van der Waals surface area contributed by atoms with E-state index in [4.69, 9.17) is 11.6 Å². The van der Waals surface area contributed by atoms with E-state index in [-0.39, 0.29) is 29.3 Å². The minimum atomic E-state index is -3.76. The van der Waals surface area contributed by atoms with Gasteiger partial charge in [0.15, 0.2) is 0 Å². The quantitative estimate of drug-likeness (QED) is 0.301. The number of hydrogen-bond donors (Lipinski definition) is 3. The number of carbonyl (C=O) groups excluding carboxylic acids is 1. The number of rotatable bonds is 11. The average molecular weight is 602 g/mol. The predicted octanol–water partition coefficient (Wildman–Crippen LogP) is 4.41. The van der Waals surface area contributed by atoms with Crippen LogP contribution in [0.3, 0.4) is 0 Å². The maximum absolute atomic E-state index is 15.2. The minimum absolute atomic E-state index is 0.0829. The van der Waals surface area contributed by atoms with Gasteiger partial charge >= 0.3 is 0 Å². The van der Waals surface area contributed by atoms with Crippen molar-refractivity contribution >= 4 is 33.2 Å². The third kappa shape index (κ3) is 7.82. The number of amides is 1. The first-order chi connectivity index (χ1) is 19.6. The number of halogens is 2. The molecule has 3 N–H and O–H groups in total. The van der Waals surface area contributed by atoms with Crippen LogP contribution in [0.4, 0.5) is 10.1 Å². The van der Waals surface area contributed by atoms with Crippen LogP contribution in [0.15, 0.2) is 71.9 Å². The Morgan fingerprint density at radius 1 is 1.12 bits per heavy atom. The van der Waals surface area contributed by atoms with Gasteiger partial charge in [-0.05, 0) is 63.4 Å². The second-order valence-electron chi connectivity index (χ2n) is 10.7. The van der Waals surface area contributed by atoms with Gasteiger partial charge in [-0.15, -0.1) is 0 Å². The molecule has 0 spiro atoms. The van der Waals surface area contributed by atoms with Gasteiger partial charge in [-0.1, -0.05) is 41.9 Å². The Bertz CT molecular complexity index is 1420. The van der Waals surface area contributed by atoms with Gasteiger partial charge in [0.2, 0.25) is 15.9 Å². The summed E-state index contributed by atoms with van der Waals surface area (Å²) in [4.78, 5) is 17.4. The van der Waals surface area contributed by atoms with Crippen molar-refractivity contribution in [2.45, 2.75) is 69.1 Å². The van der Waals surface area contributed by atoms with E-state index in [9.17, 15) is 13.2 Å². The topological polar surface area (TPSA) is 103 Å². The molecule has 0 unspecified atom stereocenters. The largest absolute Gasteiger partial charge is 0.372 e. The van der Waals surface area contributed by atoms with Crippen LogP contribution in [0.25, 0.3) is 0 Å². The SMILES string of the molecule is CC(C)NC(=O)[C@H](Cc1ccc(Cl)cc1)Nc1cncc(F)c1CC[C@H]1CNC[C@@H](C)N1S(=O)(=O)c1ccccc1. The van der Waals surface area contributed by atoms with E-state index in [1.54, 1.807) is 46.8 Å². The van der Waals surface area contributed by atoms with Crippen molar-refractivity contribution in [1.29, 1.82) is 0 Å². The van der Waals surface area contributed by atoms with Crippen molar-refractivity contribution in [2.75, 3.05) is 18.4 Å². The molecule has 0 radical (unpaired) electrons. The molecule has 3 aromatic rings. The standard InChI is InChI=1S/C30H37ClFN5O3S/c1-20(2)35-30(38)28(15-22-9-11-23(31)12-10-22)36-29-19-34-18-27(32)26(29)14-13-24-17-33-16-21(3)37(24)41(39,40)25-7-5-4-6-8-25/h4-12,18-21,24,28,33,36H,13-17H2,1-3H3,(H,35,38)/t21-,24+,28+/m1/s1. The smallest absolute Gasteiger partial charge is 0.243 e. The van der Waals surface area contributed by atoms with Crippen molar-refractivity contribution in [3.05, 3.63) is 89.0 Å². The highest BCUT2D eigenvalue weighted by Gasteiger charge is 2.37. The number of benzene rings is 2. The fraction of sp³-hybridized carbons (Fsp3) is 0.400. The van der Waals surface area contributed by atoms with Crippen molar-refractivity contribution in [2.24, 2.45) is 0 Å². The molecular formula is C30H37ClFN5O3S. The average Bonchev–Trinajstić information content (AvgIpc) is 2.93. The number of nitrogens with zero attached hydrogens (tertiary/aromatic N) is 2. The Hall–Kier alpha value is -3.05. The third-order valence-corrected chi connectivity index (χ3v) is 9.43. The van der Waals surface area contributed by atoms with E-state index < -0.39 is 27.9 Å². The van der Waals surface area contributed by atoms with Crippen molar-refractivity contribution in [3.63, 3.8) is 0 Å². The Morgan fingerprint density at radius 3 is 2.51 bits per heavy atom. The summed E-state index contributed by atoms with van der Waals surface area (Å²) in [5, 5.41) is 10.1. The Kier molecular flexibility index (Phi) is 10.4. The lowest BCUT2D eigenvalue weighted by molar-refractivity contribution is -0.122. The van der Waals surface area contributed by atoms with E-state index in [0.29, 0.717) is 42.2 Å². The number of aromatic nitrogens is 1. The van der Waals surface area contributed by atoms with E-state index in [2.05, 4.69) is 20.9 Å². The first-order valence-electron chi connectivity index (χ1n) is 13.8. The van der Waals surface area contributed by atoms with Gasteiger partial charge < -0.3 is 16.0 Å². The fourth-order valence-corrected chi connectivity index (χ4v) is 7.16. The molecule has 11 heteroatoms. The zero-order valence-corrected chi connectivity index (χ0v) is 25.1. The van der Waals surface area contributed by atoms with Crippen molar-refractivity contribution < 1.29 is 17.6 Å². The monoisotopic (exact) mass is 601 g/mol. The molecule has 1 fully saturated rings. The fourth-order valence-electron chi connectivity index (χ4n) is 5.16. The number of pyridine rings is 1. The van der Waals surface area contributed by atoms with Crippen molar-refractivity contribution in [3.8, 4) is 0 Å². The highest BCUT2D eigenvalue weighted by Crippen LogP contribution is 2.28. The second kappa shape index (κ2) is 13.7. The number of anilines is 1. The molecule has 220 valence electrons. The summed E-state index contributed by atoms with van der Waals surface area (Å²) in [5.74, 6) is -0.741. The van der Waals surface area contributed by atoms with E-state index in [0.717, 1.165) is 11.8 Å². The Morgan fingerprint density at radius 2 is 1.83 bits per heavy atom. The number of nitrogens with one attached hydrogen (secondary N) is 3. The Balaban J connectivity index is 1.57. The van der Waals surface area contributed by atoms with Crippen molar-refractivity contribution in [1.82, 2.24) is 19.9 Å². The lowest BCUT2D eigenvalue weighted by atomic mass is 10.0. The Labute approximate surface area is 246 Å². The summed E-state index contributed by atoms with van der Waals surface area (Å²) >= 11 is 6.04. The van der Waals surface area contributed by atoms with Gasteiger partial charge in [-0.25, -0.2) is 12.8 Å². The lowest BCUT2D eigenvalue weighted by Crippen LogP contribution is -2.58. The molecule has 4 rings (SSSR count). The lowest BCUT2D eigenvalue weighted by Gasteiger charge is -2.40. The first-order valence-corrected chi connectivity index (χ1v) is 15.6. The molecular weight excluding hydrogens is 565 g/mol. The van der Waals surface area contributed by atoms with E-state index in [1.807, 2.05) is 32.9 Å². The highest BCUT2D eigenvalue weighted by atomic mass is 35.5. The summed E-state index contributed by atoms with van der Waals surface area (Å²) in [7, 11) is -3.76. The van der Waals surface area contributed by atoms with E-state index >= 15 is 4.39 Å². The van der Waals surface area contributed by atoms with Gasteiger partial charge in [0.1, 0.15) is 11.9 Å². The molecule has 1 aromatic heterocycles. The van der Waals surface area contributed by atoms with Gasteiger partial charge in [-0.2, -0.15) is 4.31 Å². The summed E-state index contributed by atoms with van der Waals surface area (Å²) in [5.41, 5.74) is 1.65. The van der Waals surface area contributed by atoms with E-state index in [1.165, 1.54) is 6.20 Å². The molecule has 2 aromatic carbocycles. The molecule has 0 aliphatic carbocycles. The predicted molar refractivity (Wildman–Crippen MR) is 160 cm³/mol. The molecule has 1 aliphatic rings. The van der Waals surface area contributed by atoms with Crippen LogP contribution in [0, 0.1) is 5.82 Å². The normalized spacial score (nSPS) is 18.7. The van der Waals surface area contributed by atoms with Crippen LogP contribution in [-0.2, 0) is 27.7 Å². The van der Waals surface area contributed by atoms with Crippen LogP contribution in [0.2, 0.25) is 5.02 Å². The maximum Gasteiger partial charge on any atom is 0.243 e. The highest BCUT2D eigenvalue weighted by molar-refractivity contribution is 7.89. The van der Waals surface area contributed by atoms with Crippen LogP contribution in [0.1, 0.15) is 38.3 Å². The zero-order valence-electron chi connectivity index (χ0n) is 23.5. The molecule has 0 bridgehead atoms. The second-order valence-corrected chi connectivity index (χ2v) is 13.0. The summed E-state index contributed by atoms with van der Waals surface area (Å²) in [6.45, 7) is 6.59. The molecule has 1 saturated heterocycles. The first kappa shape index (κ1) is 30.9. The summed E-state index contributed by atoms with van der Waals surface area (Å²) in [6, 6.07) is 14.1. The maximum atomic E-state index is 15.2. The third-order valence-electron chi connectivity index (χ3n) is 7.10. The molecule has 8 nitrogen and oxygen atoms in total. The minimum Gasteiger partial charge on any atom is -0.372 e.